The van der Waals surface area contributed by atoms with Gasteiger partial charge in [-0.3, -0.25) is 4.99 Å². The maximum absolute atomic E-state index is 6.01. The molecule has 0 radical (unpaired) electrons. The molecule has 0 spiro atoms. The minimum Gasteiger partial charge on any atom is -0.333 e. The predicted octanol–water partition coefficient (Wildman–Crippen LogP) is 5.58. The summed E-state index contributed by atoms with van der Waals surface area (Å²) < 4.78 is 12.0. The lowest BCUT2D eigenvalue weighted by Crippen LogP contribution is -2.25. The number of hydrogen-bond donors (Lipinski definition) is 0. The van der Waals surface area contributed by atoms with Crippen LogP contribution in [0.25, 0.3) is 0 Å². The van der Waals surface area contributed by atoms with E-state index in [4.69, 9.17) is 9.05 Å². The Bertz CT molecular complexity index is 262. The van der Waals surface area contributed by atoms with Crippen LogP contribution < -0.4 is 0 Å². The highest BCUT2D eigenvalue weighted by Gasteiger charge is 2.31. The summed E-state index contributed by atoms with van der Waals surface area (Å²) in [6.07, 6.45) is 6.49. The number of unbranched alkanes of at least 4 members (excludes halogenated alkanes) is 2. The highest BCUT2D eigenvalue weighted by atomic mass is 31.2. The van der Waals surface area contributed by atoms with Gasteiger partial charge >= 0.3 is 0 Å². The van der Waals surface area contributed by atoms with Crippen LogP contribution in [-0.2, 0) is 9.05 Å². The Kier molecular flexibility index (Phi) is 9.88. The molecular formula is C16H34NO2P. The van der Waals surface area contributed by atoms with Crippen molar-refractivity contribution in [1.82, 2.24) is 0 Å². The third-order valence-electron chi connectivity index (χ3n) is 2.65. The fourth-order valence-corrected chi connectivity index (χ4v) is 2.83. The molecule has 120 valence electrons. The first-order chi connectivity index (χ1) is 9.23. The fraction of sp³-hybridized carbons (Fsp3) is 0.938. The minimum absolute atomic E-state index is 0.0505. The molecule has 0 aliphatic carbocycles. The summed E-state index contributed by atoms with van der Waals surface area (Å²) in [6, 6.07) is 0. The monoisotopic (exact) mass is 303 g/mol. The zero-order chi connectivity index (χ0) is 15.6. The van der Waals surface area contributed by atoms with E-state index >= 15 is 0 Å². The molecule has 0 rings (SSSR count). The molecule has 0 saturated carbocycles. The van der Waals surface area contributed by atoms with Gasteiger partial charge in [0, 0.05) is 6.21 Å². The zero-order valence-corrected chi connectivity index (χ0v) is 15.4. The first-order valence-electron chi connectivity index (χ1n) is 7.85. The second-order valence-electron chi connectivity index (χ2n) is 6.71. The minimum atomic E-state index is -0.929. The van der Waals surface area contributed by atoms with Crippen molar-refractivity contribution < 1.29 is 9.05 Å². The van der Waals surface area contributed by atoms with E-state index in [-0.39, 0.29) is 10.7 Å². The van der Waals surface area contributed by atoms with Gasteiger partial charge in [0.05, 0.1) is 23.9 Å². The molecule has 0 atom stereocenters. The maximum Gasteiger partial charge on any atom is 0.182 e. The normalized spacial score (nSPS) is 13.6. The van der Waals surface area contributed by atoms with Crippen LogP contribution in [-0.4, -0.2) is 30.1 Å². The average molecular weight is 303 g/mol. The van der Waals surface area contributed by atoms with Crippen molar-refractivity contribution in [3.63, 3.8) is 0 Å². The quantitative estimate of drug-likeness (QED) is 0.300. The summed E-state index contributed by atoms with van der Waals surface area (Å²) in [6.45, 7) is 16.6. The number of aliphatic imine (C=N–C) groups is 1. The lowest BCUT2D eigenvalue weighted by molar-refractivity contribution is 0.235. The van der Waals surface area contributed by atoms with Crippen molar-refractivity contribution >= 4 is 14.6 Å². The topological polar surface area (TPSA) is 30.8 Å². The van der Waals surface area contributed by atoms with Crippen LogP contribution in [0.5, 0.6) is 0 Å². The zero-order valence-electron chi connectivity index (χ0n) is 14.5. The van der Waals surface area contributed by atoms with Gasteiger partial charge in [0.15, 0.2) is 8.38 Å². The molecule has 0 aromatic carbocycles. The lowest BCUT2D eigenvalue weighted by atomic mass is 10.1. The van der Waals surface area contributed by atoms with Crippen molar-refractivity contribution in [1.29, 1.82) is 0 Å². The third-order valence-corrected chi connectivity index (χ3v) is 4.54. The molecule has 0 aliphatic heterocycles. The molecule has 0 bridgehead atoms. The largest absolute Gasteiger partial charge is 0.333 e. The first-order valence-corrected chi connectivity index (χ1v) is 9.03. The summed E-state index contributed by atoms with van der Waals surface area (Å²) in [5.74, 6) is 0. The summed E-state index contributed by atoms with van der Waals surface area (Å²) in [5.41, 5.74) is -0.0505. The highest BCUT2D eigenvalue weighted by molar-refractivity contribution is 7.50. The molecule has 3 nitrogen and oxygen atoms in total. The van der Waals surface area contributed by atoms with Crippen molar-refractivity contribution in [3.8, 4) is 0 Å². The summed E-state index contributed by atoms with van der Waals surface area (Å²) in [4.78, 5) is 4.64. The van der Waals surface area contributed by atoms with Crippen LogP contribution in [0.3, 0.4) is 0 Å². The summed E-state index contributed by atoms with van der Waals surface area (Å²) in [5, 5.41) is -0.149. The Morgan fingerprint density at radius 1 is 0.900 bits per heavy atom. The molecular weight excluding hydrogens is 269 g/mol. The van der Waals surface area contributed by atoms with Gasteiger partial charge < -0.3 is 9.05 Å². The standard InChI is InChI=1S/C16H34NO2P/c1-8-10-12-18-20(19-13-11-9-2)16(6,7)14-17-15(3,4)5/h14H,8-13H2,1-7H3. The van der Waals surface area contributed by atoms with E-state index in [1.165, 1.54) is 0 Å². The number of nitrogens with zero attached hydrogens (tertiary/aromatic N) is 1. The van der Waals surface area contributed by atoms with Crippen LogP contribution in [0.15, 0.2) is 4.99 Å². The first kappa shape index (κ1) is 20.0. The van der Waals surface area contributed by atoms with Gasteiger partial charge in [-0.25, -0.2) is 0 Å². The molecule has 4 heteroatoms. The van der Waals surface area contributed by atoms with Gasteiger partial charge in [-0.15, -0.1) is 0 Å². The van der Waals surface area contributed by atoms with E-state index in [1.54, 1.807) is 0 Å². The van der Waals surface area contributed by atoms with Crippen LogP contribution in [0, 0.1) is 0 Å². The number of hydrogen-bond acceptors (Lipinski definition) is 3. The van der Waals surface area contributed by atoms with Gasteiger partial charge in [-0.2, -0.15) is 0 Å². The highest BCUT2D eigenvalue weighted by Crippen LogP contribution is 2.51. The Balaban J connectivity index is 4.64. The molecule has 0 heterocycles. The van der Waals surface area contributed by atoms with Crippen molar-refractivity contribution in [3.05, 3.63) is 0 Å². The van der Waals surface area contributed by atoms with E-state index in [2.05, 4.69) is 53.5 Å². The second kappa shape index (κ2) is 9.87. The van der Waals surface area contributed by atoms with E-state index in [0.29, 0.717) is 0 Å². The summed E-state index contributed by atoms with van der Waals surface area (Å²) >= 11 is 0. The second-order valence-corrected chi connectivity index (χ2v) is 8.90. The Morgan fingerprint density at radius 2 is 1.35 bits per heavy atom. The van der Waals surface area contributed by atoms with Gasteiger partial charge in [-0.1, -0.05) is 26.7 Å². The van der Waals surface area contributed by atoms with E-state index in [9.17, 15) is 0 Å². The maximum atomic E-state index is 6.01. The predicted molar refractivity (Wildman–Crippen MR) is 91.0 cm³/mol. The lowest BCUT2D eigenvalue weighted by Gasteiger charge is -2.30. The van der Waals surface area contributed by atoms with Crippen molar-refractivity contribution in [2.75, 3.05) is 13.2 Å². The molecule has 0 fully saturated rings. The molecule has 0 aromatic heterocycles. The van der Waals surface area contributed by atoms with Crippen molar-refractivity contribution in [2.45, 2.75) is 84.8 Å². The molecule has 20 heavy (non-hydrogen) atoms. The van der Waals surface area contributed by atoms with Crippen LogP contribution in [0.2, 0.25) is 0 Å². The Labute approximate surface area is 127 Å². The van der Waals surface area contributed by atoms with Gasteiger partial charge in [-0.05, 0) is 47.5 Å². The van der Waals surface area contributed by atoms with E-state index in [0.717, 1.165) is 38.9 Å². The molecule has 0 N–H and O–H groups in total. The molecule has 0 aliphatic rings. The number of rotatable bonds is 10. The summed E-state index contributed by atoms with van der Waals surface area (Å²) in [7, 11) is -0.929. The van der Waals surface area contributed by atoms with Gasteiger partial charge in [0.25, 0.3) is 0 Å². The fourth-order valence-electron chi connectivity index (χ4n) is 1.35. The third kappa shape index (κ3) is 9.85. The van der Waals surface area contributed by atoms with Crippen molar-refractivity contribution in [2.24, 2.45) is 4.99 Å². The van der Waals surface area contributed by atoms with E-state index < -0.39 is 8.38 Å². The van der Waals surface area contributed by atoms with Crippen LogP contribution >= 0.6 is 8.38 Å². The van der Waals surface area contributed by atoms with Gasteiger partial charge in [0.1, 0.15) is 0 Å². The smallest absolute Gasteiger partial charge is 0.182 e. The van der Waals surface area contributed by atoms with Gasteiger partial charge in [0.2, 0.25) is 0 Å². The average Bonchev–Trinajstić information content (AvgIpc) is 2.34. The molecule has 0 unspecified atom stereocenters. The van der Waals surface area contributed by atoms with Crippen LogP contribution in [0.4, 0.5) is 0 Å². The van der Waals surface area contributed by atoms with E-state index in [1.807, 2.05) is 6.21 Å². The van der Waals surface area contributed by atoms with Crippen LogP contribution in [0.1, 0.15) is 74.1 Å². The SMILES string of the molecule is CCCCOP(OCCCC)C(C)(C)C=NC(C)(C)C. The Hall–Kier alpha value is 0.0200. The molecule has 0 amide bonds. The molecule has 0 saturated heterocycles. The Morgan fingerprint density at radius 3 is 1.70 bits per heavy atom. The molecule has 0 aromatic rings.